The van der Waals surface area contributed by atoms with Crippen molar-refractivity contribution in [2.45, 2.75) is 24.8 Å². The molecule has 6 heteroatoms. The van der Waals surface area contributed by atoms with Gasteiger partial charge in [-0.25, -0.2) is 14.8 Å². The van der Waals surface area contributed by atoms with Gasteiger partial charge < -0.3 is 9.52 Å². The number of nitrogens with zero attached hydrogens (tertiary/aromatic N) is 2. The first-order valence-electron chi connectivity index (χ1n) is 5.30. The zero-order chi connectivity index (χ0) is 13.1. The lowest BCUT2D eigenvalue weighted by Crippen LogP contribution is -1.93. The summed E-state index contributed by atoms with van der Waals surface area (Å²) >= 11 is 1.42. The van der Waals surface area contributed by atoms with Gasteiger partial charge in [0.1, 0.15) is 12.0 Å². The highest BCUT2D eigenvalue weighted by atomic mass is 32.2. The highest BCUT2D eigenvalue weighted by molar-refractivity contribution is 7.98. The number of carboxylic acids is 1. The summed E-state index contributed by atoms with van der Waals surface area (Å²) in [4.78, 5) is 19.3. The average molecular weight is 264 g/mol. The van der Waals surface area contributed by atoms with Crippen LogP contribution in [0.1, 0.15) is 27.5 Å². The predicted octanol–water partition coefficient (Wildman–Crippen LogP) is 2.68. The molecular formula is C12H12N2O3S. The standard InChI is InChI=1S/C12H12N2O3S/c1-7-3-8(2)14-12(13-7)18-6-10-4-9(5-17-10)11(15)16/h3-5H,6H2,1-2H3,(H,15,16). The first-order valence-corrected chi connectivity index (χ1v) is 6.29. The molecule has 94 valence electrons. The van der Waals surface area contributed by atoms with Crippen molar-refractivity contribution < 1.29 is 14.3 Å². The van der Waals surface area contributed by atoms with E-state index in [1.165, 1.54) is 24.1 Å². The fraction of sp³-hybridized carbons (Fsp3) is 0.250. The van der Waals surface area contributed by atoms with E-state index >= 15 is 0 Å². The lowest BCUT2D eigenvalue weighted by Gasteiger charge is -2.01. The van der Waals surface area contributed by atoms with Crippen molar-refractivity contribution in [3.05, 3.63) is 41.1 Å². The summed E-state index contributed by atoms with van der Waals surface area (Å²) in [6.45, 7) is 3.82. The predicted molar refractivity (Wildman–Crippen MR) is 66.7 cm³/mol. The molecule has 0 saturated heterocycles. The molecule has 0 aromatic carbocycles. The molecule has 18 heavy (non-hydrogen) atoms. The first-order chi connectivity index (χ1) is 8.54. The van der Waals surface area contributed by atoms with Crippen LogP contribution in [0.4, 0.5) is 0 Å². The van der Waals surface area contributed by atoms with Crippen LogP contribution in [0.15, 0.2) is 28.0 Å². The van der Waals surface area contributed by atoms with E-state index in [4.69, 9.17) is 9.52 Å². The second-order valence-corrected chi connectivity index (χ2v) is 4.77. The number of aryl methyl sites for hydroxylation is 2. The van der Waals surface area contributed by atoms with Crippen LogP contribution in [0.5, 0.6) is 0 Å². The lowest BCUT2D eigenvalue weighted by atomic mass is 10.3. The molecule has 2 aromatic rings. The van der Waals surface area contributed by atoms with Gasteiger partial charge in [-0.3, -0.25) is 0 Å². The number of carbonyl (C=O) groups is 1. The van der Waals surface area contributed by atoms with E-state index in [0.29, 0.717) is 16.7 Å². The number of aromatic carboxylic acids is 1. The molecule has 0 unspecified atom stereocenters. The highest BCUT2D eigenvalue weighted by Gasteiger charge is 2.09. The summed E-state index contributed by atoms with van der Waals surface area (Å²) in [6.07, 6.45) is 1.24. The zero-order valence-electron chi connectivity index (χ0n) is 10.0. The van der Waals surface area contributed by atoms with Gasteiger partial charge in [-0.1, -0.05) is 11.8 Å². The van der Waals surface area contributed by atoms with E-state index in [1.807, 2.05) is 19.9 Å². The minimum Gasteiger partial charge on any atom is -0.478 e. The number of thioether (sulfide) groups is 1. The van der Waals surface area contributed by atoms with Crippen LogP contribution in [0.25, 0.3) is 0 Å². The molecule has 0 bridgehead atoms. The van der Waals surface area contributed by atoms with Gasteiger partial charge in [0.05, 0.1) is 11.3 Å². The van der Waals surface area contributed by atoms with Gasteiger partial charge in [0.2, 0.25) is 0 Å². The Labute approximate surface area is 108 Å². The second-order valence-electron chi connectivity index (χ2n) is 3.83. The Balaban J connectivity index is 2.04. The van der Waals surface area contributed by atoms with E-state index in [0.717, 1.165) is 11.4 Å². The molecule has 0 amide bonds. The summed E-state index contributed by atoms with van der Waals surface area (Å²) in [7, 11) is 0. The molecular weight excluding hydrogens is 252 g/mol. The Morgan fingerprint density at radius 2 is 2.00 bits per heavy atom. The van der Waals surface area contributed by atoms with Crippen molar-refractivity contribution in [1.29, 1.82) is 0 Å². The Kier molecular flexibility index (Phi) is 3.66. The van der Waals surface area contributed by atoms with E-state index in [9.17, 15) is 4.79 Å². The van der Waals surface area contributed by atoms with Crippen LogP contribution in [0.2, 0.25) is 0 Å². The van der Waals surface area contributed by atoms with Crippen molar-refractivity contribution >= 4 is 17.7 Å². The van der Waals surface area contributed by atoms with Gasteiger partial charge in [-0.2, -0.15) is 0 Å². The fourth-order valence-corrected chi connectivity index (χ4v) is 2.30. The van der Waals surface area contributed by atoms with Crippen LogP contribution >= 0.6 is 11.8 Å². The molecule has 0 aliphatic carbocycles. The van der Waals surface area contributed by atoms with Gasteiger partial charge in [0.15, 0.2) is 5.16 Å². The molecule has 2 heterocycles. The van der Waals surface area contributed by atoms with Gasteiger partial charge in [-0.05, 0) is 26.0 Å². The van der Waals surface area contributed by atoms with Gasteiger partial charge in [0, 0.05) is 11.4 Å². The van der Waals surface area contributed by atoms with Crippen molar-refractivity contribution in [2.75, 3.05) is 0 Å². The normalized spacial score (nSPS) is 10.6. The number of hydrogen-bond acceptors (Lipinski definition) is 5. The Hall–Kier alpha value is -1.82. The quantitative estimate of drug-likeness (QED) is 0.675. The number of aromatic nitrogens is 2. The van der Waals surface area contributed by atoms with E-state index in [1.54, 1.807) is 0 Å². The molecule has 0 saturated carbocycles. The van der Waals surface area contributed by atoms with Crippen LogP contribution in [-0.4, -0.2) is 21.0 Å². The topological polar surface area (TPSA) is 76.2 Å². The van der Waals surface area contributed by atoms with Crippen LogP contribution < -0.4 is 0 Å². The Morgan fingerprint density at radius 1 is 1.33 bits per heavy atom. The van der Waals surface area contributed by atoms with Crippen LogP contribution in [-0.2, 0) is 5.75 Å². The molecule has 5 nitrogen and oxygen atoms in total. The molecule has 2 rings (SSSR count). The maximum atomic E-state index is 10.7. The molecule has 0 spiro atoms. The van der Waals surface area contributed by atoms with Crippen LogP contribution in [0.3, 0.4) is 0 Å². The molecule has 0 fully saturated rings. The number of rotatable bonds is 4. The second kappa shape index (κ2) is 5.22. The van der Waals surface area contributed by atoms with Crippen molar-refractivity contribution in [3.8, 4) is 0 Å². The SMILES string of the molecule is Cc1cc(C)nc(SCc2cc(C(=O)O)co2)n1. The number of furan rings is 1. The van der Waals surface area contributed by atoms with Crippen molar-refractivity contribution in [3.63, 3.8) is 0 Å². The minimum atomic E-state index is -0.988. The first kappa shape index (κ1) is 12.6. The lowest BCUT2D eigenvalue weighted by molar-refractivity contribution is 0.0696. The molecule has 0 atom stereocenters. The van der Waals surface area contributed by atoms with E-state index in [-0.39, 0.29) is 5.56 Å². The summed E-state index contributed by atoms with van der Waals surface area (Å²) in [6, 6.07) is 3.41. The van der Waals surface area contributed by atoms with E-state index < -0.39 is 5.97 Å². The molecule has 0 aliphatic heterocycles. The molecule has 2 aromatic heterocycles. The Bertz CT molecular complexity index is 560. The maximum Gasteiger partial charge on any atom is 0.338 e. The largest absolute Gasteiger partial charge is 0.478 e. The van der Waals surface area contributed by atoms with Gasteiger partial charge in [-0.15, -0.1) is 0 Å². The van der Waals surface area contributed by atoms with E-state index in [2.05, 4.69) is 9.97 Å². The molecule has 0 aliphatic rings. The maximum absolute atomic E-state index is 10.7. The minimum absolute atomic E-state index is 0.159. The third kappa shape index (κ3) is 3.10. The fourth-order valence-electron chi connectivity index (χ4n) is 1.46. The Morgan fingerprint density at radius 3 is 2.56 bits per heavy atom. The third-order valence-corrected chi connectivity index (χ3v) is 3.08. The summed E-state index contributed by atoms with van der Waals surface area (Å²) in [5, 5.41) is 9.43. The average Bonchev–Trinajstić information content (AvgIpc) is 2.73. The number of hydrogen-bond donors (Lipinski definition) is 1. The smallest absolute Gasteiger partial charge is 0.338 e. The van der Waals surface area contributed by atoms with Gasteiger partial charge >= 0.3 is 5.97 Å². The summed E-state index contributed by atoms with van der Waals surface area (Å²) < 4.78 is 5.15. The summed E-state index contributed by atoms with van der Waals surface area (Å²) in [5.41, 5.74) is 1.98. The molecule has 0 radical (unpaired) electrons. The van der Waals surface area contributed by atoms with Crippen LogP contribution in [0, 0.1) is 13.8 Å². The molecule has 1 N–H and O–H groups in total. The van der Waals surface area contributed by atoms with Gasteiger partial charge in [0.25, 0.3) is 0 Å². The monoisotopic (exact) mass is 264 g/mol. The number of carboxylic acid groups (broad SMARTS) is 1. The van der Waals surface area contributed by atoms with Crippen molar-refractivity contribution in [2.24, 2.45) is 0 Å². The summed E-state index contributed by atoms with van der Waals surface area (Å²) in [5.74, 6) is 0.119. The zero-order valence-corrected chi connectivity index (χ0v) is 10.8. The van der Waals surface area contributed by atoms with Crippen molar-refractivity contribution in [1.82, 2.24) is 9.97 Å². The highest BCUT2D eigenvalue weighted by Crippen LogP contribution is 2.21. The third-order valence-electron chi connectivity index (χ3n) is 2.21.